The molecule has 2 aromatic rings. The van der Waals surface area contributed by atoms with Crippen LogP contribution in [0.25, 0.3) is 5.69 Å². The maximum absolute atomic E-state index is 12.7. The first kappa shape index (κ1) is 19.2. The van der Waals surface area contributed by atoms with Gasteiger partial charge in [0.25, 0.3) is 0 Å². The van der Waals surface area contributed by atoms with E-state index in [-0.39, 0.29) is 5.91 Å². The van der Waals surface area contributed by atoms with E-state index in [0.717, 1.165) is 48.6 Å². The van der Waals surface area contributed by atoms with E-state index in [1.54, 1.807) is 12.1 Å². The zero-order valence-corrected chi connectivity index (χ0v) is 16.9. The molecule has 0 atom stereocenters. The number of carbonyl (C=O) groups is 1. The Kier molecular flexibility index (Phi) is 5.90. The van der Waals surface area contributed by atoms with Crippen molar-refractivity contribution in [1.82, 2.24) is 20.0 Å². The van der Waals surface area contributed by atoms with Gasteiger partial charge in [-0.1, -0.05) is 23.2 Å². The molecule has 140 valence electrons. The van der Waals surface area contributed by atoms with Crippen LogP contribution in [0.5, 0.6) is 0 Å². The van der Waals surface area contributed by atoms with Crippen LogP contribution in [0.3, 0.4) is 0 Å². The average molecular weight is 395 g/mol. The smallest absolute Gasteiger partial charge is 0.227 e. The van der Waals surface area contributed by atoms with E-state index in [2.05, 4.69) is 10.4 Å². The van der Waals surface area contributed by atoms with Gasteiger partial charge >= 0.3 is 0 Å². The number of benzene rings is 1. The molecule has 1 N–H and O–H groups in total. The summed E-state index contributed by atoms with van der Waals surface area (Å²) in [7, 11) is 1.98. The Hall–Kier alpha value is -1.56. The topological polar surface area (TPSA) is 50.2 Å². The van der Waals surface area contributed by atoms with Crippen LogP contribution < -0.4 is 5.32 Å². The van der Waals surface area contributed by atoms with Gasteiger partial charge in [0, 0.05) is 30.4 Å². The van der Waals surface area contributed by atoms with E-state index < -0.39 is 0 Å². The number of aryl methyl sites for hydroxylation is 1. The minimum atomic E-state index is 0.166. The fourth-order valence-electron chi connectivity index (χ4n) is 3.48. The van der Waals surface area contributed by atoms with Gasteiger partial charge in [0.1, 0.15) is 0 Å². The molecule has 1 fully saturated rings. The lowest BCUT2D eigenvalue weighted by Crippen LogP contribution is -2.44. The van der Waals surface area contributed by atoms with Gasteiger partial charge in [-0.05, 0) is 51.9 Å². The minimum Gasteiger partial charge on any atom is -0.342 e. The lowest BCUT2D eigenvalue weighted by molar-refractivity contribution is -0.131. The number of hydrogen-bond donors (Lipinski definition) is 1. The highest BCUT2D eigenvalue weighted by atomic mass is 35.5. The zero-order chi connectivity index (χ0) is 18.8. The highest BCUT2D eigenvalue weighted by Gasteiger charge is 2.24. The summed E-state index contributed by atoms with van der Waals surface area (Å²) >= 11 is 12.1. The third-order valence-electron chi connectivity index (χ3n) is 5.17. The molecule has 0 saturated carbocycles. The van der Waals surface area contributed by atoms with Crippen LogP contribution in [-0.4, -0.2) is 46.8 Å². The number of rotatable bonds is 4. The maximum atomic E-state index is 12.7. The fourth-order valence-corrected chi connectivity index (χ4v) is 3.77. The summed E-state index contributed by atoms with van der Waals surface area (Å²) < 4.78 is 1.83. The van der Waals surface area contributed by atoms with E-state index in [4.69, 9.17) is 23.2 Å². The van der Waals surface area contributed by atoms with Crippen LogP contribution in [0, 0.1) is 13.8 Å². The predicted molar refractivity (Wildman–Crippen MR) is 105 cm³/mol. The molecule has 0 spiro atoms. The maximum Gasteiger partial charge on any atom is 0.227 e. The normalized spacial score (nSPS) is 15.5. The number of piperidine rings is 1. The monoisotopic (exact) mass is 394 g/mol. The number of aromatic nitrogens is 2. The van der Waals surface area contributed by atoms with Crippen LogP contribution in [0.1, 0.15) is 29.8 Å². The molecule has 0 unspecified atom stereocenters. The van der Waals surface area contributed by atoms with E-state index in [9.17, 15) is 4.79 Å². The molecule has 1 amide bonds. The SMILES string of the molecule is CNC1CCN(C(=O)Cc2c(C)nn(-c3ccc(Cl)c(Cl)c3)c2C)CC1. The third kappa shape index (κ3) is 3.90. The summed E-state index contributed by atoms with van der Waals surface area (Å²) in [6.07, 6.45) is 2.38. The largest absolute Gasteiger partial charge is 0.342 e. The van der Waals surface area contributed by atoms with Gasteiger partial charge in [0.15, 0.2) is 0 Å². The molecular weight excluding hydrogens is 371 g/mol. The first-order valence-corrected chi connectivity index (χ1v) is 9.62. The van der Waals surface area contributed by atoms with Gasteiger partial charge in [-0.15, -0.1) is 0 Å². The summed E-state index contributed by atoms with van der Waals surface area (Å²) in [5.74, 6) is 0.166. The van der Waals surface area contributed by atoms with E-state index in [0.29, 0.717) is 22.5 Å². The van der Waals surface area contributed by atoms with Crippen molar-refractivity contribution < 1.29 is 4.79 Å². The number of hydrogen-bond acceptors (Lipinski definition) is 3. The van der Waals surface area contributed by atoms with Gasteiger partial charge < -0.3 is 10.2 Å². The molecule has 7 heteroatoms. The second-order valence-electron chi connectivity index (χ2n) is 6.78. The van der Waals surface area contributed by atoms with Crippen molar-refractivity contribution in [3.8, 4) is 5.69 Å². The number of amides is 1. The first-order chi connectivity index (χ1) is 12.4. The second-order valence-corrected chi connectivity index (χ2v) is 7.59. The van der Waals surface area contributed by atoms with Crippen molar-refractivity contribution in [1.29, 1.82) is 0 Å². The Balaban J connectivity index is 1.78. The van der Waals surface area contributed by atoms with Gasteiger partial charge in [-0.3, -0.25) is 4.79 Å². The summed E-state index contributed by atoms with van der Waals surface area (Å²) in [5.41, 5.74) is 3.65. The van der Waals surface area contributed by atoms with Crippen LogP contribution in [0.2, 0.25) is 10.0 Å². The van der Waals surface area contributed by atoms with Gasteiger partial charge in [-0.2, -0.15) is 5.10 Å². The Morgan fingerprint density at radius 2 is 1.92 bits per heavy atom. The van der Waals surface area contributed by atoms with Gasteiger partial charge in [-0.25, -0.2) is 4.68 Å². The van der Waals surface area contributed by atoms with E-state index >= 15 is 0 Å². The quantitative estimate of drug-likeness (QED) is 0.862. The van der Waals surface area contributed by atoms with Gasteiger partial charge in [0.2, 0.25) is 5.91 Å². The van der Waals surface area contributed by atoms with Gasteiger partial charge in [0.05, 0.1) is 27.8 Å². The minimum absolute atomic E-state index is 0.166. The Bertz CT molecular complexity index is 810. The average Bonchev–Trinajstić information content (AvgIpc) is 2.92. The lowest BCUT2D eigenvalue weighted by Gasteiger charge is -2.32. The standard InChI is InChI=1S/C19H24Cl2N4O/c1-12-16(11-19(26)24-8-6-14(22-3)7-9-24)13(2)25(23-12)15-4-5-17(20)18(21)10-15/h4-5,10,14,22H,6-9,11H2,1-3H3. The van der Waals surface area contributed by atoms with Crippen molar-refractivity contribution in [2.45, 2.75) is 39.2 Å². The molecule has 2 heterocycles. The number of nitrogens with zero attached hydrogens (tertiary/aromatic N) is 3. The molecule has 1 aromatic carbocycles. The molecular formula is C19H24Cl2N4O. The highest BCUT2D eigenvalue weighted by Crippen LogP contribution is 2.26. The third-order valence-corrected chi connectivity index (χ3v) is 5.91. The first-order valence-electron chi connectivity index (χ1n) is 8.86. The zero-order valence-electron chi connectivity index (χ0n) is 15.4. The molecule has 5 nitrogen and oxygen atoms in total. The molecule has 0 bridgehead atoms. The van der Waals surface area contributed by atoms with Crippen LogP contribution in [-0.2, 0) is 11.2 Å². The van der Waals surface area contributed by atoms with Crippen LogP contribution >= 0.6 is 23.2 Å². The van der Waals surface area contributed by atoms with Crippen LogP contribution in [0.4, 0.5) is 0 Å². The molecule has 1 aliphatic rings. The fraction of sp³-hybridized carbons (Fsp3) is 0.474. The van der Waals surface area contributed by atoms with E-state index in [1.165, 1.54) is 0 Å². The molecule has 1 aromatic heterocycles. The molecule has 0 aliphatic carbocycles. The summed E-state index contributed by atoms with van der Waals surface area (Å²) in [5, 5.41) is 8.90. The van der Waals surface area contributed by atoms with Crippen molar-refractivity contribution in [3.63, 3.8) is 0 Å². The Morgan fingerprint density at radius 3 is 2.54 bits per heavy atom. The van der Waals surface area contributed by atoms with Crippen molar-refractivity contribution in [2.75, 3.05) is 20.1 Å². The molecule has 0 radical (unpaired) electrons. The lowest BCUT2D eigenvalue weighted by atomic mass is 10.0. The van der Waals surface area contributed by atoms with Crippen molar-refractivity contribution in [3.05, 3.63) is 45.2 Å². The predicted octanol–water partition coefficient (Wildman–Crippen LogP) is 3.55. The number of halogens is 2. The van der Waals surface area contributed by atoms with E-state index in [1.807, 2.05) is 36.5 Å². The summed E-state index contributed by atoms with van der Waals surface area (Å²) in [6.45, 7) is 5.54. The molecule has 26 heavy (non-hydrogen) atoms. The Morgan fingerprint density at radius 1 is 1.23 bits per heavy atom. The van der Waals surface area contributed by atoms with Crippen molar-refractivity contribution in [2.24, 2.45) is 0 Å². The summed E-state index contributed by atoms with van der Waals surface area (Å²) in [4.78, 5) is 14.7. The molecule has 1 aliphatic heterocycles. The Labute approximate surface area is 164 Å². The molecule has 1 saturated heterocycles. The number of nitrogens with one attached hydrogen (secondary N) is 1. The second kappa shape index (κ2) is 7.99. The van der Waals surface area contributed by atoms with Crippen LogP contribution in [0.15, 0.2) is 18.2 Å². The number of likely N-dealkylation sites (tertiary alicyclic amines) is 1. The van der Waals surface area contributed by atoms with Crippen molar-refractivity contribution >= 4 is 29.1 Å². The highest BCUT2D eigenvalue weighted by molar-refractivity contribution is 6.42. The molecule has 3 rings (SSSR count). The summed E-state index contributed by atoms with van der Waals surface area (Å²) in [6, 6.07) is 5.94. The number of carbonyl (C=O) groups excluding carboxylic acids is 1.